The van der Waals surface area contributed by atoms with Crippen LogP contribution in [0.3, 0.4) is 0 Å². The Morgan fingerprint density at radius 2 is 1.67 bits per heavy atom. The van der Waals surface area contributed by atoms with E-state index in [9.17, 15) is 8.42 Å². The normalized spacial score (nSPS) is 14.4. The van der Waals surface area contributed by atoms with Gasteiger partial charge in [-0.1, -0.05) is 30.3 Å². The molecule has 4 heteroatoms. The third-order valence-corrected chi connectivity index (χ3v) is 5.86. The summed E-state index contributed by atoms with van der Waals surface area (Å²) in [6, 6.07) is 10.2. The summed E-state index contributed by atoms with van der Waals surface area (Å²) in [6.07, 6.45) is 0.660. The molecule has 1 rings (SSSR count). The highest BCUT2D eigenvalue weighted by atomic mass is 32.2. The molecule has 0 aromatic heterocycles. The zero-order chi connectivity index (χ0) is 16.1. The number of benzene rings is 1. The van der Waals surface area contributed by atoms with Gasteiger partial charge >= 0.3 is 0 Å². The van der Waals surface area contributed by atoms with Crippen LogP contribution in [0.4, 0.5) is 0 Å². The van der Waals surface area contributed by atoms with Gasteiger partial charge in [-0.25, -0.2) is 8.42 Å². The molecular weight excluding hydrogens is 282 g/mol. The summed E-state index contributed by atoms with van der Waals surface area (Å²) in [6.45, 7) is 10.7. The fourth-order valence-electron chi connectivity index (χ4n) is 2.08. The quantitative estimate of drug-likeness (QED) is 0.840. The van der Waals surface area contributed by atoms with Crippen LogP contribution >= 0.6 is 0 Å². The lowest BCUT2D eigenvalue weighted by molar-refractivity contribution is 0.402. The number of rotatable bonds is 7. The van der Waals surface area contributed by atoms with E-state index in [-0.39, 0.29) is 22.5 Å². The molecule has 0 amide bonds. The minimum atomic E-state index is -2.98. The highest BCUT2D eigenvalue weighted by Gasteiger charge is 2.21. The van der Waals surface area contributed by atoms with Gasteiger partial charge in [0.15, 0.2) is 9.84 Å². The smallest absolute Gasteiger partial charge is 0.152 e. The molecule has 1 aromatic rings. The fourth-order valence-corrected chi connectivity index (χ4v) is 3.17. The molecule has 0 spiro atoms. The molecule has 0 aliphatic carbocycles. The van der Waals surface area contributed by atoms with Crippen LogP contribution in [0.2, 0.25) is 0 Å². The SMILES string of the molecule is CC(C)S(=O)(=O)CCC(CNC(C)(C)C)c1ccccc1. The van der Waals surface area contributed by atoms with Crippen molar-refractivity contribution in [1.82, 2.24) is 5.32 Å². The highest BCUT2D eigenvalue weighted by molar-refractivity contribution is 7.91. The summed E-state index contributed by atoms with van der Waals surface area (Å²) in [5.41, 5.74) is 1.23. The minimum Gasteiger partial charge on any atom is -0.311 e. The number of hydrogen-bond acceptors (Lipinski definition) is 3. The van der Waals surface area contributed by atoms with Gasteiger partial charge < -0.3 is 5.32 Å². The molecule has 0 heterocycles. The molecule has 21 heavy (non-hydrogen) atoms. The van der Waals surface area contributed by atoms with E-state index >= 15 is 0 Å². The van der Waals surface area contributed by atoms with E-state index in [1.54, 1.807) is 13.8 Å². The summed E-state index contributed by atoms with van der Waals surface area (Å²) >= 11 is 0. The fraction of sp³-hybridized carbons (Fsp3) is 0.647. The molecule has 3 nitrogen and oxygen atoms in total. The standard InChI is InChI=1S/C17H29NO2S/c1-14(2)21(19,20)12-11-16(13-18-17(3,4)5)15-9-7-6-8-10-15/h6-10,14,16,18H,11-13H2,1-5H3. The molecule has 0 aliphatic rings. The Kier molecular flexibility index (Phi) is 6.41. The van der Waals surface area contributed by atoms with Gasteiger partial charge in [-0.05, 0) is 52.5 Å². The molecule has 0 saturated carbocycles. The van der Waals surface area contributed by atoms with Gasteiger partial charge in [0, 0.05) is 12.1 Å². The maximum absolute atomic E-state index is 12.0. The first kappa shape index (κ1) is 18.2. The van der Waals surface area contributed by atoms with Gasteiger partial charge in [-0.2, -0.15) is 0 Å². The van der Waals surface area contributed by atoms with Crippen molar-refractivity contribution in [1.29, 1.82) is 0 Å². The first-order valence-corrected chi connectivity index (χ1v) is 9.35. The molecule has 0 fully saturated rings. The predicted molar refractivity (Wildman–Crippen MR) is 90.5 cm³/mol. The van der Waals surface area contributed by atoms with Crippen LogP contribution in [-0.4, -0.2) is 31.5 Å². The first-order chi connectivity index (χ1) is 9.62. The second-order valence-corrected chi connectivity index (χ2v) is 9.62. The lowest BCUT2D eigenvalue weighted by atomic mass is 9.95. The summed E-state index contributed by atoms with van der Waals surface area (Å²) in [5.74, 6) is 0.467. The Hall–Kier alpha value is -0.870. The summed E-state index contributed by atoms with van der Waals surface area (Å²) in [7, 11) is -2.98. The van der Waals surface area contributed by atoms with E-state index in [2.05, 4.69) is 38.2 Å². The Morgan fingerprint density at radius 1 is 1.10 bits per heavy atom. The highest BCUT2D eigenvalue weighted by Crippen LogP contribution is 2.21. The van der Waals surface area contributed by atoms with Crippen molar-refractivity contribution >= 4 is 9.84 Å². The van der Waals surface area contributed by atoms with Crippen LogP contribution in [0.1, 0.15) is 52.5 Å². The van der Waals surface area contributed by atoms with Gasteiger partial charge in [0.05, 0.1) is 11.0 Å². The van der Waals surface area contributed by atoms with Crippen LogP contribution in [0.15, 0.2) is 30.3 Å². The third kappa shape index (κ3) is 6.62. The first-order valence-electron chi connectivity index (χ1n) is 7.63. The Labute approximate surface area is 130 Å². The van der Waals surface area contributed by atoms with Crippen molar-refractivity contribution in [3.05, 3.63) is 35.9 Å². The molecule has 1 aromatic carbocycles. The van der Waals surface area contributed by atoms with Crippen LogP contribution in [0.5, 0.6) is 0 Å². The molecule has 0 radical (unpaired) electrons. The topological polar surface area (TPSA) is 46.2 Å². The minimum absolute atomic E-state index is 0.0317. The van der Waals surface area contributed by atoms with Gasteiger partial charge in [-0.15, -0.1) is 0 Å². The number of nitrogens with one attached hydrogen (secondary N) is 1. The molecular formula is C17H29NO2S. The lowest BCUT2D eigenvalue weighted by Gasteiger charge is -2.26. The number of hydrogen-bond donors (Lipinski definition) is 1. The van der Waals surface area contributed by atoms with Crippen LogP contribution in [-0.2, 0) is 9.84 Å². The van der Waals surface area contributed by atoms with Crippen molar-refractivity contribution in [2.45, 2.75) is 57.7 Å². The van der Waals surface area contributed by atoms with E-state index in [0.717, 1.165) is 6.54 Å². The van der Waals surface area contributed by atoms with E-state index in [1.807, 2.05) is 18.2 Å². The predicted octanol–water partition coefficient (Wildman–Crippen LogP) is 3.37. The van der Waals surface area contributed by atoms with Gasteiger partial charge in [0.2, 0.25) is 0 Å². The second-order valence-electron chi connectivity index (χ2n) is 6.94. The Morgan fingerprint density at radius 3 is 2.14 bits per heavy atom. The molecule has 0 saturated heterocycles. The van der Waals surface area contributed by atoms with E-state index in [0.29, 0.717) is 6.42 Å². The maximum atomic E-state index is 12.0. The average molecular weight is 311 g/mol. The van der Waals surface area contributed by atoms with Gasteiger partial charge in [0.1, 0.15) is 0 Å². The second kappa shape index (κ2) is 7.41. The monoisotopic (exact) mass is 311 g/mol. The summed E-state index contributed by atoms with van der Waals surface area (Å²) in [5, 5.41) is 3.19. The zero-order valence-corrected chi connectivity index (χ0v) is 14.7. The average Bonchev–Trinajstić information content (AvgIpc) is 2.38. The Bertz CT molecular complexity index is 515. The van der Waals surface area contributed by atoms with Crippen LogP contribution in [0, 0.1) is 0 Å². The maximum Gasteiger partial charge on any atom is 0.152 e. The zero-order valence-electron chi connectivity index (χ0n) is 13.9. The third-order valence-electron chi connectivity index (χ3n) is 3.62. The van der Waals surface area contributed by atoms with E-state index < -0.39 is 9.84 Å². The molecule has 120 valence electrons. The van der Waals surface area contributed by atoms with Gasteiger partial charge in [-0.3, -0.25) is 0 Å². The van der Waals surface area contributed by atoms with Crippen LogP contribution < -0.4 is 5.32 Å². The van der Waals surface area contributed by atoms with Crippen LogP contribution in [0.25, 0.3) is 0 Å². The van der Waals surface area contributed by atoms with Crippen molar-refractivity contribution in [2.75, 3.05) is 12.3 Å². The van der Waals surface area contributed by atoms with E-state index in [4.69, 9.17) is 0 Å². The lowest BCUT2D eigenvalue weighted by Crippen LogP contribution is -2.39. The molecule has 0 bridgehead atoms. The van der Waals surface area contributed by atoms with Crippen molar-refractivity contribution in [3.8, 4) is 0 Å². The molecule has 1 atom stereocenters. The van der Waals surface area contributed by atoms with E-state index in [1.165, 1.54) is 5.56 Å². The molecule has 1 unspecified atom stereocenters. The summed E-state index contributed by atoms with van der Waals surface area (Å²) < 4.78 is 24.1. The Balaban J connectivity index is 2.78. The van der Waals surface area contributed by atoms with Crippen molar-refractivity contribution in [3.63, 3.8) is 0 Å². The molecule has 0 aliphatic heterocycles. The van der Waals surface area contributed by atoms with Gasteiger partial charge in [0.25, 0.3) is 0 Å². The largest absolute Gasteiger partial charge is 0.311 e. The molecule has 1 N–H and O–H groups in total. The van der Waals surface area contributed by atoms with Crippen molar-refractivity contribution < 1.29 is 8.42 Å². The van der Waals surface area contributed by atoms with Crippen molar-refractivity contribution in [2.24, 2.45) is 0 Å². The summed E-state index contributed by atoms with van der Waals surface area (Å²) in [4.78, 5) is 0. The number of sulfone groups is 1.